The molecule has 0 unspecified atom stereocenters. The van der Waals surface area contributed by atoms with Crippen LogP contribution < -0.4 is 0 Å². The Morgan fingerprint density at radius 3 is 2.62 bits per heavy atom. The van der Waals surface area contributed by atoms with Crippen molar-refractivity contribution in [2.24, 2.45) is 0 Å². The number of likely N-dealkylation sites (tertiary alicyclic amines) is 1. The first-order valence-corrected chi connectivity index (χ1v) is 10.3. The summed E-state index contributed by atoms with van der Waals surface area (Å²) in [5.41, 5.74) is 0.845. The van der Waals surface area contributed by atoms with E-state index in [9.17, 15) is 14.0 Å². The number of hydrogen-bond acceptors (Lipinski definition) is 5. The Balaban J connectivity index is 1.71. The second-order valence-corrected chi connectivity index (χ2v) is 7.75. The number of aromatic nitrogens is 3. The van der Waals surface area contributed by atoms with E-state index in [0.29, 0.717) is 41.0 Å². The molecule has 3 aromatic rings. The molecule has 1 aromatic heterocycles. The van der Waals surface area contributed by atoms with Crippen molar-refractivity contribution in [2.45, 2.75) is 18.0 Å². The number of hydrogen-bond donors (Lipinski definition) is 0. The summed E-state index contributed by atoms with van der Waals surface area (Å²) in [6, 6.07) is 13.3. The largest absolute Gasteiger partial charge is 0.282 e. The predicted molar refractivity (Wildman–Crippen MR) is 108 cm³/mol. The van der Waals surface area contributed by atoms with E-state index in [2.05, 4.69) is 10.2 Å². The van der Waals surface area contributed by atoms with Crippen LogP contribution in [0.5, 0.6) is 0 Å². The van der Waals surface area contributed by atoms with Crippen LogP contribution in [0.4, 0.5) is 4.39 Å². The maximum absolute atomic E-state index is 14.6. The standard InChI is InChI=1S/C20H16ClFN4O2S/c21-14-7-2-1-6-13(14)19-23-24-20(26(19)16-9-4-3-8-15(16)22)29-12-18(28)25-11-5-10-17(25)27/h1-4,6-9H,5,10-12H2. The van der Waals surface area contributed by atoms with Crippen molar-refractivity contribution < 1.29 is 14.0 Å². The minimum Gasteiger partial charge on any atom is -0.282 e. The van der Waals surface area contributed by atoms with E-state index in [4.69, 9.17) is 11.6 Å². The number of rotatable bonds is 5. The molecule has 2 aromatic carbocycles. The minimum atomic E-state index is -0.455. The lowest BCUT2D eigenvalue weighted by atomic mass is 10.2. The van der Waals surface area contributed by atoms with Crippen molar-refractivity contribution >= 4 is 35.2 Å². The van der Waals surface area contributed by atoms with E-state index in [1.807, 2.05) is 0 Å². The van der Waals surface area contributed by atoms with Gasteiger partial charge in [0.2, 0.25) is 11.8 Å². The summed E-state index contributed by atoms with van der Waals surface area (Å²) in [7, 11) is 0. The van der Waals surface area contributed by atoms with Crippen LogP contribution in [-0.4, -0.2) is 43.8 Å². The van der Waals surface area contributed by atoms with E-state index in [-0.39, 0.29) is 23.3 Å². The van der Waals surface area contributed by atoms with Crippen molar-refractivity contribution in [2.75, 3.05) is 12.3 Å². The molecular formula is C20H16ClFN4O2S. The quantitative estimate of drug-likeness (QED) is 0.573. The van der Waals surface area contributed by atoms with Crippen molar-refractivity contribution in [3.63, 3.8) is 0 Å². The van der Waals surface area contributed by atoms with Gasteiger partial charge in [-0.25, -0.2) is 4.39 Å². The normalized spacial score (nSPS) is 13.9. The Kier molecular flexibility index (Phi) is 5.64. The van der Waals surface area contributed by atoms with Gasteiger partial charge < -0.3 is 0 Å². The molecule has 1 fully saturated rings. The molecule has 1 aliphatic heterocycles. The van der Waals surface area contributed by atoms with E-state index in [1.54, 1.807) is 47.0 Å². The van der Waals surface area contributed by atoms with Gasteiger partial charge in [-0.1, -0.05) is 47.6 Å². The molecule has 4 rings (SSSR count). The molecule has 0 aliphatic carbocycles. The molecule has 9 heteroatoms. The molecule has 0 atom stereocenters. The van der Waals surface area contributed by atoms with E-state index in [0.717, 1.165) is 11.8 Å². The molecule has 1 saturated heterocycles. The lowest BCUT2D eigenvalue weighted by molar-refractivity contribution is -0.140. The van der Waals surface area contributed by atoms with Crippen LogP contribution in [-0.2, 0) is 9.59 Å². The molecule has 0 spiro atoms. The van der Waals surface area contributed by atoms with Crippen LogP contribution in [0, 0.1) is 5.82 Å². The predicted octanol–water partition coefficient (Wildman–Crippen LogP) is 3.97. The zero-order chi connectivity index (χ0) is 20.4. The SMILES string of the molecule is O=C1CCCN1C(=O)CSc1nnc(-c2ccccc2Cl)n1-c1ccccc1F. The second-order valence-electron chi connectivity index (χ2n) is 6.40. The van der Waals surface area contributed by atoms with Gasteiger partial charge in [-0.3, -0.25) is 19.1 Å². The summed E-state index contributed by atoms with van der Waals surface area (Å²) in [4.78, 5) is 25.4. The van der Waals surface area contributed by atoms with Crippen LogP contribution in [0.2, 0.25) is 5.02 Å². The lowest BCUT2D eigenvalue weighted by Gasteiger charge is -2.14. The fourth-order valence-corrected chi connectivity index (χ4v) is 4.19. The summed E-state index contributed by atoms with van der Waals surface area (Å²) in [6.45, 7) is 0.434. The van der Waals surface area contributed by atoms with Gasteiger partial charge >= 0.3 is 0 Å². The van der Waals surface area contributed by atoms with E-state index >= 15 is 0 Å². The first-order valence-electron chi connectivity index (χ1n) is 8.97. The maximum atomic E-state index is 14.6. The molecule has 148 valence electrons. The number of carbonyl (C=O) groups excluding carboxylic acids is 2. The molecule has 6 nitrogen and oxygen atoms in total. The average Bonchev–Trinajstić information content (AvgIpc) is 3.33. The number of imide groups is 1. The summed E-state index contributed by atoms with van der Waals surface area (Å²) >= 11 is 7.42. The Hall–Kier alpha value is -2.71. The summed E-state index contributed by atoms with van der Waals surface area (Å²) in [5, 5.41) is 9.16. The Morgan fingerprint density at radius 2 is 1.90 bits per heavy atom. The van der Waals surface area contributed by atoms with E-state index < -0.39 is 5.82 Å². The van der Waals surface area contributed by atoms with Gasteiger partial charge in [-0.05, 0) is 30.7 Å². The molecule has 2 amide bonds. The summed E-state index contributed by atoms with van der Waals surface area (Å²) in [5.74, 6) is -0.542. The highest BCUT2D eigenvalue weighted by Gasteiger charge is 2.27. The third-order valence-corrected chi connectivity index (χ3v) is 5.78. The van der Waals surface area contributed by atoms with Crippen LogP contribution in [0.15, 0.2) is 53.7 Å². The van der Waals surface area contributed by atoms with Gasteiger partial charge in [0.15, 0.2) is 11.0 Å². The Bertz CT molecular complexity index is 1090. The zero-order valence-electron chi connectivity index (χ0n) is 15.2. The van der Waals surface area contributed by atoms with Crippen molar-refractivity contribution in [3.05, 3.63) is 59.4 Å². The van der Waals surface area contributed by atoms with Crippen molar-refractivity contribution in [1.29, 1.82) is 0 Å². The molecule has 0 radical (unpaired) electrons. The third-order valence-electron chi connectivity index (χ3n) is 4.54. The topological polar surface area (TPSA) is 68.1 Å². The van der Waals surface area contributed by atoms with Crippen LogP contribution in [0.1, 0.15) is 12.8 Å². The zero-order valence-corrected chi connectivity index (χ0v) is 16.8. The molecule has 29 heavy (non-hydrogen) atoms. The maximum Gasteiger partial charge on any atom is 0.239 e. The number of halogens is 2. The average molecular weight is 431 g/mol. The molecule has 0 N–H and O–H groups in total. The second kappa shape index (κ2) is 8.34. The van der Waals surface area contributed by atoms with Gasteiger partial charge in [0.25, 0.3) is 0 Å². The van der Waals surface area contributed by atoms with Gasteiger partial charge in [0.1, 0.15) is 5.82 Å². The smallest absolute Gasteiger partial charge is 0.239 e. The molecular weight excluding hydrogens is 415 g/mol. The van der Waals surface area contributed by atoms with Gasteiger partial charge in [-0.2, -0.15) is 0 Å². The number of carbonyl (C=O) groups is 2. The number of benzene rings is 2. The van der Waals surface area contributed by atoms with Gasteiger partial charge in [0.05, 0.1) is 16.5 Å². The number of para-hydroxylation sites is 1. The van der Waals surface area contributed by atoms with Gasteiger partial charge in [0, 0.05) is 18.5 Å². The highest BCUT2D eigenvalue weighted by atomic mass is 35.5. The monoisotopic (exact) mass is 430 g/mol. The first-order chi connectivity index (χ1) is 14.1. The van der Waals surface area contributed by atoms with Crippen LogP contribution >= 0.6 is 23.4 Å². The molecule has 0 saturated carbocycles. The molecule has 2 heterocycles. The molecule has 1 aliphatic rings. The number of thioether (sulfide) groups is 1. The third kappa shape index (κ3) is 3.90. The summed E-state index contributed by atoms with van der Waals surface area (Å²) < 4.78 is 16.1. The number of amides is 2. The number of nitrogens with zero attached hydrogens (tertiary/aromatic N) is 4. The highest BCUT2D eigenvalue weighted by Crippen LogP contribution is 2.32. The van der Waals surface area contributed by atoms with Crippen molar-refractivity contribution in [3.8, 4) is 17.1 Å². The van der Waals surface area contributed by atoms with Crippen LogP contribution in [0.3, 0.4) is 0 Å². The minimum absolute atomic E-state index is 0.000841. The van der Waals surface area contributed by atoms with E-state index in [1.165, 1.54) is 11.0 Å². The summed E-state index contributed by atoms with van der Waals surface area (Å²) in [6.07, 6.45) is 1.07. The highest BCUT2D eigenvalue weighted by molar-refractivity contribution is 7.99. The lowest BCUT2D eigenvalue weighted by Crippen LogP contribution is -2.33. The fraction of sp³-hybridized carbons (Fsp3) is 0.200. The Labute approximate surface area is 175 Å². The fourth-order valence-electron chi connectivity index (χ4n) is 3.15. The first kappa shape index (κ1) is 19.6. The van der Waals surface area contributed by atoms with Crippen molar-refractivity contribution in [1.82, 2.24) is 19.7 Å². The van der Waals surface area contributed by atoms with Gasteiger partial charge in [-0.15, -0.1) is 10.2 Å². The van der Waals surface area contributed by atoms with Crippen LogP contribution in [0.25, 0.3) is 17.1 Å². The Morgan fingerprint density at radius 1 is 1.14 bits per heavy atom. The molecule has 0 bridgehead atoms.